The van der Waals surface area contributed by atoms with Crippen molar-refractivity contribution in [1.82, 2.24) is 10.1 Å². The molecule has 1 aromatic carbocycles. The fourth-order valence-electron chi connectivity index (χ4n) is 3.21. The van der Waals surface area contributed by atoms with Gasteiger partial charge in [-0.05, 0) is 37.8 Å². The molecular weight excluding hydrogens is 375 g/mol. The molecule has 1 aliphatic rings. The third kappa shape index (κ3) is 4.13. The molecule has 0 bridgehead atoms. The van der Waals surface area contributed by atoms with Crippen molar-refractivity contribution in [1.29, 1.82) is 0 Å². The molecule has 0 unspecified atom stereocenters. The van der Waals surface area contributed by atoms with Crippen LogP contribution in [0.3, 0.4) is 0 Å². The first-order valence-corrected chi connectivity index (χ1v) is 9.11. The summed E-state index contributed by atoms with van der Waals surface area (Å²) in [5.41, 5.74) is -0.124. The van der Waals surface area contributed by atoms with Crippen molar-refractivity contribution in [3.8, 4) is 11.3 Å². The number of amides is 1. The van der Waals surface area contributed by atoms with Gasteiger partial charge in [0, 0.05) is 13.1 Å². The second-order valence-electron chi connectivity index (χ2n) is 6.72. The van der Waals surface area contributed by atoms with Crippen molar-refractivity contribution in [2.45, 2.75) is 26.7 Å². The number of carbonyl (C=O) groups excluding carboxylic acids is 2. The Morgan fingerprint density at radius 2 is 2.22 bits per heavy atom. The molecular formula is C19H20ClFN2O4. The minimum absolute atomic E-state index is 0.0400. The topological polar surface area (TPSA) is 72.6 Å². The van der Waals surface area contributed by atoms with Gasteiger partial charge in [-0.3, -0.25) is 4.79 Å². The number of hydrogen-bond donors (Lipinski definition) is 0. The van der Waals surface area contributed by atoms with E-state index >= 15 is 0 Å². The van der Waals surface area contributed by atoms with Crippen LogP contribution in [0.2, 0.25) is 5.02 Å². The number of nitrogens with zero attached hydrogens (tertiary/aromatic N) is 2. The molecule has 27 heavy (non-hydrogen) atoms. The quantitative estimate of drug-likeness (QED) is 0.736. The number of likely N-dealkylation sites (tertiary alicyclic amines) is 1. The zero-order chi connectivity index (χ0) is 19.6. The van der Waals surface area contributed by atoms with E-state index in [1.54, 1.807) is 4.90 Å². The number of benzene rings is 1. The summed E-state index contributed by atoms with van der Waals surface area (Å²) in [5, 5.41) is 3.85. The summed E-state index contributed by atoms with van der Waals surface area (Å²) in [6.07, 6.45) is 2.01. The number of rotatable bonds is 4. The minimum Gasteiger partial charge on any atom is -0.452 e. The zero-order valence-electron chi connectivity index (χ0n) is 15.1. The molecule has 1 fully saturated rings. The van der Waals surface area contributed by atoms with Gasteiger partial charge in [0.05, 0.1) is 10.6 Å². The molecule has 2 aromatic rings. The summed E-state index contributed by atoms with van der Waals surface area (Å²) < 4.78 is 24.4. The first-order chi connectivity index (χ1) is 12.9. The predicted octanol–water partition coefficient (Wildman–Crippen LogP) is 3.86. The van der Waals surface area contributed by atoms with Crippen molar-refractivity contribution in [2.24, 2.45) is 5.92 Å². The molecule has 0 radical (unpaired) electrons. The highest BCUT2D eigenvalue weighted by atomic mass is 35.5. The third-order valence-corrected chi connectivity index (χ3v) is 4.92. The summed E-state index contributed by atoms with van der Waals surface area (Å²) in [4.78, 5) is 26.5. The summed E-state index contributed by atoms with van der Waals surface area (Å²) in [6, 6.07) is 4.14. The maximum Gasteiger partial charge on any atom is 0.344 e. The van der Waals surface area contributed by atoms with E-state index in [1.807, 2.05) is 0 Å². The van der Waals surface area contributed by atoms with Gasteiger partial charge in [-0.1, -0.05) is 29.7 Å². The average molecular weight is 395 g/mol. The summed E-state index contributed by atoms with van der Waals surface area (Å²) in [6.45, 7) is 4.51. The zero-order valence-corrected chi connectivity index (χ0v) is 15.9. The second kappa shape index (κ2) is 8.08. The van der Waals surface area contributed by atoms with Crippen LogP contribution in [0.4, 0.5) is 4.39 Å². The molecule has 1 amide bonds. The summed E-state index contributed by atoms with van der Waals surface area (Å²) >= 11 is 6.06. The molecule has 1 aromatic heterocycles. The molecule has 0 N–H and O–H groups in total. The molecule has 1 atom stereocenters. The van der Waals surface area contributed by atoms with Gasteiger partial charge in [0.15, 0.2) is 6.61 Å². The van der Waals surface area contributed by atoms with Crippen LogP contribution in [0, 0.1) is 18.7 Å². The van der Waals surface area contributed by atoms with Gasteiger partial charge in [-0.2, -0.15) is 0 Å². The van der Waals surface area contributed by atoms with Crippen LogP contribution in [-0.2, 0) is 9.53 Å². The first kappa shape index (κ1) is 19.4. The summed E-state index contributed by atoms with van der Waals surface area (Å²) in [7, 11) is 0. The molecule has 3 rings (SSSR count). The van der Waals surface area contributed by atoms with E-state index in [4.69, 9.17) is 20.9 Å². The van der Waals surface area contributed by atoms with E-state index in [-0.39, 0.29) is 40.1 Å². The normalized spacial score (nSPS) is 17.0. The van der Waals surface area contributed by atoms with Crippen LogP contribution in [0.1, 0.15) is 35.9 Å². The van der Waals surface area contributed by atoms with E-state index in [2.05, 4.69) is 12.1 Å². The molecule has 0 aliphatic carbocycles. The third-order valence-electron chi connectivity index (χ3n) is 4.60. The number of esters is 1. The lowest BCUT2D eigenvalue weighted by atomic mass is 10.0. The van der Waals surface area contributed by atoms with Crippen LogP contribution in [0.5, 0.6) is 0 Å². The smallest absolute Gasteiger partial charge is 0.344 e. The van der Waals surface area contributed by atoms with Crippen molar-refractivity contribution >= 4 is 23.5 Å². The van der Waals surface area contributed by atoms with E-state index in [0.29, 0.717) is 19.0 Å². The van der Waals surface area contributed by atoms with E-state index in [1.165, 1.54) is 25.1 Å². The highest BCUT2D eigenvalue weighted by Gasteiger charge is 2.28. The maximum absolute atomic E-state index is 14.2. The predicted molar refractivity (Wildman–Crippen MR) is 96.9 cm³/mol. The van der Waals surface area contributed by atoms with Crippen LogP contribution < -0.4 is 0 Å². The van der Waals surface area contributed by atoms with Crippen LogP contribution >= 0.6 is 11.6 Å². The molecule has 2 heterocycles. The van der Waals surface area contributed by atoms with Crippen LogP contribution in [0.25, 0.3) is 11.3 Å². The average Bonchev–Trinajstić information content (AvgIpc) is 3.00. The number of carbonyl (C=O) groups is 2. The number of ether oxygens (including phenoxy) is 1. The Balaban J connectivity index is 1.76. The summed E-state index contributed by atoms with van der Waals surface area (Å²) in [5.74, 6) is -1.11. The molecule has 0 saturated carbocycles. The van der Waals surface area contributed by atoms with Gasteiger partial charge >= 0.3 is 5.97 Å². The SMILES string of the molecule is Cc1onc(-c2c(F)cccc2Cl)c1C(=O)OCC(=O)N1CCC[C@@H](C)C1. The van der Waals surface area contributed by atoms with Crippen molar-refractivity contribution in [2.75, 3.05) is 19.7 Å². The van der Waals surface area contributed by atoms with Crippen molar-refractivity contribution in [3.05, 3.63) is 40.4 Å². The molecule has 1 saturated heterocycles. The van der Waals surface area contributed by atoms with Gasteiger partial charge in [0.25, 0.3) is 5.91 Å². The fourth-order valence-corrected chi connectivity index (χ4v) is 3.47. The fraction of sp³-hybridized carbons (Fsp3) is 0.421. The highest BCUT2D eigenvalue weighted by molar-refractivity contribution is 6.33. The number of piperidine rings is 1. The van der Waals surface area contributed by atoms with Gasteiger partial charge in [0.1, 0.15) is 22.8 Å². The molecule has 8 heteroatoms. The Kier molecular flexibility index (Phi) is 5.79. The number of aromatic nitrogens is 1. The van der Waals surface area contributed by atoms with Crippen LogP contribution in [-0.4, -0.2) is 41.6 Å². The number of hydrogen-bond acceptors (Lipinski definition) is 5. The largest absolute Gasteiger partial charge is 0.452 e. The molecule has 1 aliphatic heterocycles. The lowest BCUT2D eigenvalue weighted by Crippen LogP contribution is -2.41. The highest BCUT2D eigenvalue weighted by Crippen LogP contribution is 2.33. The van der Waals surface area contributed by atoms with Gasteiger partial charge < -0.3 is 14.2 Å². The van der Waals surface area contributed by atoms with Crippen LogP contribution in [0.15, 0.2) is 22.7 Å². The monoisotopic (exact) mass is 394 g/mol. The lowest BCUT2D eigenvalue weighted by Gasteiger charge is -2.30. The Morgan fingerprint density at radius 1 is 1.44 bits per heavy atom. The van der Waals surface area contributed by atoms with Crippen molar-refractivity contribution < 1.29 is 23.2 Å². The first-order valence-electron chi connectivity index (χ1n) is 8.74. The van der Waals surface area contributed by atoms with E-state index in [0.717, 1.165) is 12.8 Å². The van der Waals surface area contributed by atoms with Gasteiger partial charge in [0.2, 0.25) is 0 Å². The van der Waals surface area contributed by atoms with Crippen molar-refractivity contribution in [3.63, 3.8) is 0 Å². The Labute approximate surface area is 161 Å². The molecule has 144 valence electrons. The standard InChI is InChI=1S/C19H20ClFN2O4/c1-11-5-4-8-23(9-11)15(24)10-26-19(25)16-12(2)27-22-18(16)17-13(20)6-3-7-14(17)21/h3,6-7,11H,4-5,8-10H2,1-2H3/t11-/m1/s1. The minimum atomic E-state index is -0.804. The van der Waals surface area contributed by atoms with E-state index < -0.39 is 11.8 Å². The van der Waals surface area contributed by atoms with E-state index in [9.17, 15) is 14.0 Å². The second-order valence-corrected chi connectivity index (χ2v) is 7.13. The lowest BCUT2D eigenvalue weighted by molar-refractivity contribution is -0.136. The molecule has 0 spiro atoms. The molecule has 6 nitrogen and oxygen atoms in total. The Morgan fingerprint density at radius 3 is 2.93 bits per heavy atom. The Bertz CT molecular complexity index is 847. The Hall–Kier alpha value is -2.41. The number of halogens is 2. The number of aryl methyl sites for hydroxylation is 1. The maximum atomic E-state index is 14.2. The van der Waals surface area contributed by atoms with Gasteiger partial charge in [-0.15, -0.1) is 0 Å². The van der Waals surface area contributed by atoms with Gasteiger partial charge in [-0.25, -0.2) is 9.18 Å².